The van der Waals surface area contributed by atoms with Crippen LogP contribution in [0.15, 0.2) is 77.7 Å². The molecule has 1 aliphatic rings. The van der Waals surface area contributed by atoms with Crippen LogP contribution in [0.3, 0.4) is 0 Å². The summed E-state index contributed by atoms with van der Waals surface area (Å²) in [5, 5.41) is 14.7. The summed E-state index contributed by atoms with van der Waals surface area (Å²) in [6, 6.07) is 23.5. The number of carbonyl (C=O) groups is 1. The Labute approximate surface area is 199 Å². The molecule has 0 bridgehead atoms. The van der Waals surface area contributed by atoms with Crippen molar-refractivity contribution in [2.24, 2.45) is 5.92 Å². The maximum Gasteiger partial charge on any atom is 0.258 e. The normalized spacial score (nSPS) is 19.3. The second kappa shape index (κ2) is 10.0. The predicted octanol–water partition coefficient (Wildman–Crippen LogP) is 6.50. The first-order valence-corrected chi connectivity index (χ1v) is 11.9. The van der Waals surface area contributed by atoms with Gasteiger partial charge in [0.1, 0.15) is 11.2 Å². The van der Waals surface area contributed by atoms with E-state index in [4.69, 9.17) is 10.00 Å². The fourth-order valence-corrected chi connectivity index (χ4v) is 5.01. The Hall–Kier alpha value is -3.43. The van der Waals surface area contributed by atoms with Gasteiger partial charge in [0.05, 0.1) is 13.2 Å². The number of benzene rings is 3. The van der Waals surface area contributed by atoms with Gasteiger partial charge >= 0.3 is 0 Å². The van der Waals surface area contributed by atoms with Crippen LogP contribution in [-0.2, 0) is 0 Å². The molecule has 3 atom stereocenters. The topological polar surface area (TPSA) is 65.4 Å². The number of thioether (sulfide) groups is 1. The lowest BCUT2D eigenvalue weighted by molar-refractivity contribution is 0.0960. The Morgan fingerprint density at radius 1 is 1.09 bits per heavy atom. The molecule has 4 rings (SSSR count). The van der Waals surface area contributed by atoms with Gasteiger partial charge in [-0.05, 0) is 78.3 Å². The number of para-hydroxylation sites is 1. The molecule has 0 saturated heterocycles. The third-order valence-electron chi connectivity index (χ3n) is 6.31. The van der Waals surface area contributed by atoms with Gasteiger partial charge in [0.15, 0.2) is 0 Å². The molecule has 1 aliphatic heterocycles. The SMILES string of the molecule is CCC1C(C)C(Nc2ccc(SC#N)cc2)c2ccccc2N1C(=O)c1ccc(OC)cc1. The molecule has 0 spiro atoms. The monoisotopic (exact) mass is 457 g/mol. The van der Waals surface area contributed by atoms with Crippen LogP contribution in [0.4, 0.5) is 11.4 Å². The van der Waals surface area contributed by atoms with E-state index in [1.165, 1.54) is 0 Å². The number of anilines is 2. The van der Waals surface area contributed by atoms with Gasteiger partial charge in [0.25, 0.3) is 5.91 Å². The van der Waals surface area contributed by atoms with E-state index < -0.39 is 0 Å². The number of rotatable bonds is 6. The van der Waals surface area contributed by atoms with Crippen LogP contribution in [0.2, 0.25) is 0 Å². The summed E-state index contributed by atoms with van der Waals surface area (Å²) in [5.74, 6) is 0.912. The molecule has 1 amide bonds. The summed E-state index contributed by atoms with van der Waals surface area (Å²) >= 11 is 1.15. The lowest BCUT2D eigenvalue weighted by Crippen LogP contribution is -2.50. The molecule has 0 aliphatic carbocycles. The minimum absolute atomic E-state index is 0.000124. The molecule has 5 nitrogen and oxygen atoms in total. The lowest BCUT2D eigenvalue weighted by atomic mass is 9.80. The van der Waals surface area contributed by atoms with E-state index in [0.717, 1.165) is 45.8 Å². The molecular weight excluding hydrogens is 430 g/mol. The molecule has 0 aromatic heterocycles. The Kier molecular flexibility index (Phi) is 6.90. The standard InChI is InChI=1S/C27H27N3O2S/c1-4-24-18(2)26(29-20-11-15-22(16-12-20)33-17-28)23-7-5-6-8-25(23)30(24)27(31)19-9-13-21(32-3)14-10-19/h5-16,18,24,26,29H,4H2,1-3H3. The molecular formula is C27H27N3O2S. The maximum absolute atomic E-state index is 13.7. The molecule has 168 valence electrons. The quantitative estimate of drug-likeness (QED) is 0.338. The van der Waals surface area contributed by atoms with Crippen LogP contribution in [0.5, 0.6) is 5.75 Å². The summed E-state index contributed by atoms with van der Waals surface area (Å²) in [5.41, 5.74) is 3.69. The highest BCUT2D eigenvalue weighted by molar-refractivity contribution is 8.03. The number of hydrogen-bond donors (Lipinski definition) is 1. The molecule has 3 unspecified atom stereocenters. The van der Waals surface area contributed by atoms with Crippen molar-refractivity contribution in [2.75, 3.05) is 17.3 Å². The molecule has 6 heteroatoms. The summed E-state index contributed by atoms with van der Waals surface area (Å²) in [6.45, 7) is 4.34. The zero-order valence-electron chi connectivity index (χ0n) is 19.0. The van der Waals surface area contributed by atoms with Crippen molar-refractivity contribution in [1.82, 2.24) is 0 Å². The molecule has 33 heavy (non-hydrogen) atoms. The highest BCUT2D eigenvalue weighted by atomic mass is 32.2. The fraction of sp³-hybridized carbons (Fsp3) is 0.259. The van der Waals surface area contributed by atoms with Crippen LogP contribution in [-0.4, -0.2) is 19.1 Å². The van der Waals surface area contributed by atoms with Crippen LogP contribution >= 0.6 is 11.8 Å². The summed E-state index contributed by atoms with van der Waals surface area (Å²) in [7, 11) is 1.62. The van der Waals surface area contributed by atoms with Gasteiger partial charge in [0.2, 0.25) is 0 Å². The zero-order valence-corrected chi connectivity index (χ0v) is 19.8. The van der Waals surface area contributed by atoms with Crippen molar-refractivity contribution in [1.29, 1.82) is 5.26 Å². The zero-order chi connectivity index (χ0) is 23.4. The van der Waals surface area contributed by atoms with Crippen molar-refractivity contribution >= 4 is 29.0 Å². The molecule has 1 heterocycles. The average Bonchev–Trinajstić information content (AvgIpc) is 2.86. The van der Waals surface area contributed by atoms with Crippen molar-refractivity contribution in [3.63, 3.8) is 0 Å². The number of hydrogen-bond acceptors (Lipinski definition) is 5. The Morgan fingerprint density at radius 3 is 2.42 bits per heavy atom. The van der Waals surface area contributed by atoms with Gasteiger partial charge in [-0.2, -0.15) is 5.26 Å². The number of nitrogens with one attached hydrogen (secondary N) is 1. The van der Waals surface area contributed by atoms with Crippen LogP contribution < -0.4 is 15.0 Å². The van der Waals surface area contributed by atoms with Gasteiger partial charge < -0.3 is 15.0 Å². The van der Waals surface area contributed by atoms with E-state index in [1.807, 2.05) is 71.6 Å². The van der Waals surface area contributed by atoms with Crippen LogP contribution in [0.1, 0.15) is 42.2 Å². The smallest absolute Gasteiger partial charge is 0.258 e. The molecule has 3 aromatic carbocycles. The number of methoxy groups -OCH3 is 1. The minimum Gasteiger partial charge on any atom is -0.497 e. The van der Waals surface area contributed by atoms with E-state index in [0.29, 0.717) is 5.56 Å². The number of carbonyl (C=O) groups excluding carboxylic acids is 1. The van der Waals surface area contributed by atoms with Gasteiger partial charge in [-0.15, -0.1) is 0 Å². The maximum atomic E-state index is 13.7. The third-order valence-corrected chi connectivity index (χ3v) is 6.91. The highest BCUT2D eigenvalue weighted by Crippen LogP contribution is 2.44. The lowest BCUT2D eigenvalue weighted by Gasteiger charge is -2.45. The summed E-state index contributed by atoms with van der Waals surface area (Å²) in [6.07, 6.45) is 0.841. The second-order valence-corrected chi connectivity index (χ2v) is 9.00. The third kappa shape index (κ3) is 4.55. The van der Waals surface area contributed by atoms with Gasteiger partial charge in [0, 0.05) is 33.8 Å². The van der Waals surface area contributed by atoms with Crippen molar-refractivity contribution in [3.8, 4) is 11.2 Å². The van der Waals surface area contributed by atoms with E-state index in [9.17, 15) is 4.79 Å². The first kappa shape index (κ1) is 22.8. The Morgan fingerprint density at radius 2 is 1.79 bits per heavy atom. The predicted molar refractivity (Wildman–Crippen MR) is 134 cm³/mol. The van der Waals surface area contributed by atoms with E-state index in [-0.39, 0.29) is 23.9 Å². The van der Waals surface area contributed by atoms with Crippen molar-refractivity contribution < 1.29 is 9.53 Å². The summed E-state index contributed by atoms with van der Waals surface area (Å²) in [4.78, 5) is 16.6. The fourth-order valence-electron chi connectivity index (χ4n) is 4.64. The number of thiocyanates is 1. The highest BCUT2D eigenvalue weighted by Gasteiger charge is 2.40. The van der Waals surface area contributed by atoms with Crippen molar-refractivity contribution in [2.45, 2.75) is 37.2 Å². The molecule has 1 N–H and O–H groups in total. The van der Waals surface area contributed by atoms with E-state index >= 15 is 0 Å². The van der Waals surface area contributed by atoms with Crippen LogP contribution in [0, 0.1) is 16.6 Å². The number of fused-ring (bicyclic) bond motifs is 1. The molecule has 0 saturated carbocycles. The average molecular weight is 458 g/mol. The largest absolute Gasteiger partial charge is 0.497 e. The molecule has 0 fully saturated rings. The second-order valence-electron chi connectivity index (χ2n) is 8.14. The van der Waals surface area contributed by atoms with Gasteiger partial charge in [-0.25, -0.2) is 0 Å². The van der Waals surface area contributed by atoms with Crippen LogP contribution in [0.25, 0.3) is 0 Å². The summed E-state index contributed by atoms with van der Waals surface area (Å²) < 4.78 is 5.25. The number of nitriles is 1. The Balaban J connectivity index is 1.69. The first-order chi connectivity index (χ1) is 16.1. The number of ether oxygens (including phenoxy) is 1. The van der Waals surface area contributed by atoms with Gasteiger partial charge in [-0.1, -0.05) is 32.0 Å². The van der Waals surface area contributed by atoms with Gasteiger partial charge in [-0.3, -0.25) is 4.79 Å². The first-order valence-electron chi connectivity index (χ1n) is 11.1. The molecule has 0 radical (unpaired) electrons. The Bertz CT molecular complexity index is 1160. The van der Waals surface area contributed by atoms with E-state index in [1.54, 1.807) is 7.11 Å². The van der Waals surface area contributed by atoms with E-state index in [2.05, 4.69) is 30.6 Å². The number of nitrogens with zero attached hydrogens (tertiary/aromatic N) is 2. The van der Waals surface area contributed by atoms with Crippen molar-refractivity contribution in [3.05, 3.63) is 83.9 Å². The molecule has 3 aromatic rings. The number of amides is 1. The minimum atomic E-state index is 0.000124.